The molecule has 2 amide bonds. The normalized spacial score (nSPS) is 13.2. The van der Waals surface area contributed by atoms with E-state index in [1.54, 1.807) is 36.4 Å². The molecule has 0 radical (unpaired) electrons. The molecule has 0 atom stereocenters. The number of nitrogens with zero attached hydrogens (tertiary/aromatic N) is 3. The van der Waals surface area contributed by atoms with Crippen molar-refractivity contribution in [2.75, 3.05) is 23.5 Å². The highest BCUT2D eigenvalue weighted by Gasteiger charge is 2.25. The average Bonchev–Trinajstić information content (AvgIpc) is 2.72. The Morgan fingerprint density at radius 1 is 1.31 bits per heavy atom. The molecule has 0 saturated carbocycles. The van der Waals surface area contributed by atoms with Gasteiger partial charge in [-0.15, -0.1) is 0 Å². The van der Waals surface area contributed by atoms with Gasteiger partial charge in [-0.2, -0.15) is 5.26 Å². The fourth-order valence-electron chi connectivity index (χ4n) is 2.64. The Labute approximate surface area is 168 Å². The van der Waals surface area contributed by atoms with E-state index < -0.39 is 5.91 Å². The molecule has 0 aromatic heterocycles. The molecule has 1 heterocycles. The number of hydrogen-bond donors (Lipinski definition) is 2. The van der Waals surface area contributed by atoms with Crippen LogP contribution in [0.5, 0.6) is 5.75 Å². The van der Waals surface area contributed by atoms with Crippen LogP contribution in [-0.2, 0) is 9.59 Å². The van der Waals surface area contributed by atoms with Crippen molar-refractivity contribution >= 4 is 29.0 Å². The summed E-state index contributed by atoms with van der Waals surface area (Å²) in [5, 5.41) is 12.6. The Bertz CT molecular complexity index is 963. The molecule has 0 bridgehead atoms. The van der Waals surface area contributed by atoms with Crippen LogP contribution in [0.4, 0.5) is 11.4 Å². The number of hydrazine groups is 1. The minimum atomic E-state index is -0.462. The third-order valence-corrected chi connectivity index (χ3v) is 4.14. The molecule has 1 aliphatic heterocycles. The number of rotatable bonds is 7. The molecule has 1 aliphatic rings. The number of amides is 2. The minimum absolute atomic E-state index is 0.0468. The number of aliphatic imine (C=N–C) groups is 1. The molecule has 3 rings (SSSR count). The lowest BCUT2D eigenvalue weighted by molar-refractivity contribution is -0.118. The van der Waals surface area contributed by atoms with Gasteiger partial charge in [-0.25, -0.2) is 5.01 Å². The summed E-state index contributed by atoms with van der Waals surface area (Å²) < 4.78 is 5.57. The standard InChI is InChI=1S/C21H21N5O3/c1-15-7-9-17(10-8-15)26-19(27)14-23-20(25-26)21(28)24-16-5-4-6-18(13-16)29-12-3-2-11-22/h4-10,13H,2-3,12,14H2,1H3,(H,23,25)(H,24,28). The van der Waals surface area contributed by atoms with Gasteiger partial charge in [0.25, 0.3) is 11.8 Å². The zero-order chi connectivity index (χ0) is 20.6. The van der Waals surface area contributed by atoms with Crippen LogP contribution in [0, 0.1) is 18.3 Å². The van der Waals surface area contributed by atoms with E-state index in [1.807, 2.05) is 19.1 Å². The summed E-state index contributed by atoms with van der Waals surface area (Å²) in [6, 6.07) is 16.4. The lowest BCUT2D eigenvalue weighted by atomic mass is 10.2. The summed E-state index contributed by atoms with van der Waals surface area (Å²) in [5.74, 6) is -0.0735. The number of carbonyl (C=O) groups excluding carboxylic acids is 2. The van der Waals surface area contributed by atoms with Crippen LogP contribution in [0.1, 0.15) is 18.4 Å². The van der Waals surface area contributed by atoms with Gasteiger partial charge in [-0.1, -0.05) is 23.8 Å². The molecule has 0 aliphatic carbocycles. The SMILES string of the molecule is Cc1ccc(N2NC(C(=O)Nc3cccc(OCCCC#N)c3)=NCC2=O)cc1. The van der Waals surface area contributed by atoms with E-state index in [4.69, 9.17) is 10.00 Å². The number of nitrogens with one attached hydrogen (secondary N) is 2. The maximum Gasteiger partial charge on any atom is 0.292 e. The molecule has 2 aromatic rings. The first-order valence-corrected chi connectivity index (χ1v) is 9.19. The molecule has 0 fully saturated rings. The number of aryl methyl sites for hydroxylation is 1. The third-order valence-electron chi connectivity index (χ3n) is 4.14. The molecule has 0 unspecified atom stereocenters. The lowest BCUT2D eigenvalue weighted by Crippen LogP contribution is -2.54. The maximum absolute atomic E-state index is 12.6. The number of amidine groups is 1. The molecular weight excluding hydrogens is 370 g/mol. The number of hydrogen-bond acceptors (Lipinski definition) is 6. The lowest BCUT2D eigenvalue weighted by Gasteiger charge is -2.27. The van der Waals surface area contributed by atoms with Crippen molar-refractivity contribution in [3.8, 4) is 11.8 Å². The highest BCUT2D eigenvalue weighted by Crippen LogP contribution is 2.19. The molecule has 2 aromatic carbocycles. The first-order valence-electron chi connectivity index (χ1n) is 9.19. The minimum Gasteiger partial charge on any atom is -0.493 e. The van der Waals surface area contributed by atoms with Gasteiger partial charge in [0.2, 0.25) is 5.84 Å². The summed E-state index contributed by atoms with van der Waals surface area (Å²) >= 11 is 0. The van der Waals surface area contributed by atoms with Crippen LogP contribution in [-0.4, -0.2) is 30.8 Å². The second-order valence-corrected chi connectivity index (χ2v) is 6.43. The number of benzene rings is 2. The van der Waals surface area contributed by atoms with Gasteiger partial charge in [-0.3, -0.25) is 20.0 Å². The van der Waals surface area contributed by atoms with Gasteiger partial charge in [0, 0.05) is 18.2 Å². The van der Waals surface area contributed by atoms with Crippen molar-refractivity contribution in [2.24, 2.45) is 4.99 Å². The zero-order valence-corrected chi connectivity index (χ0v) is 16.0. The summed E-state index contributed by atoms with van der Waals surface area (Å²) in [4.78, 5) is 28.8. The van der Waals surface area contributed by atoms with E-state index >= 15 is 0 Å². The molecule has 148 valence electrons. The van der Waals surface area contributed by atoms with E-state index in [-0.39, 0.29) is 18.3 Å². The zero-order valence-electron chi connectivity index (χ0n) is 16.0. The second-order valence-electron chi connectivity index (χ2n) is 6.43. The average molecular weight is 391 g/mol. The quantitative estimate of drug-likeness (QED) is 0.706. The summed E-state index contributed by atoms with van der Waals surface area (Å²) in [7, 11) is 0. The summed E-state index contributed by atoms with van der Waals surface area (Å²) in [6.45, 7) is 2.26. The second kappa shape index (κ2) is 9.37. The Kier molecular flexibility index (Phi) is 6.43. The fraction of sp³-hybridized carbons (Fsp3) is 0.238. The van der Waals surface area contributed by atoms with Crippen molar-refractivity contribution in [3.63, 3.8) is 0 Å². The molecule has 2 N–H and O–H groups in total. The van der Waals surface area contributed by atoms with Crippen molar-refractivity contribution in [2.45, 2.75) is 19.8 Å². The smallest absolute Gasteiger partial charge is 0.292 e. The molecule has 29 heavy (non-hydrogen) atoms. The molecule has 8 heteroatoms. The number of unbranched alkanes of at least 4 members (excludes halogenated alkanes) is 1. The largest absolute Gasteiger partial charge is 0.493 e. The molecule has 8 nitrogen and oxygen atoms in total. The Morgan fingerprint density at radius 3 is 2.86 bits per heavy atom. The summed E-state index contributed by atoms with van der Waals surface area (Å²) in [5.41, 5.74) is 5.02. The van der Waals surface area contributed by atoms with Gasteiger partial charge in [-0.05, 0) is 37.6 Å². The predicted octanol–water partition coefficient (Wildman–Crippen LogP) is 2.57. The van der Waals surface area contributed by atoms with Gasteiger partial charge in [0.05, 0.1) is 18.4 Å². The van der Waals surface area contributed by atoms with E-state index in [0.29, 0.717) is 36.6 Å². The maximum atomic E-state index is 12.6. The van der Waals surface area contributed by atoms with Gasteiger partial charge in [0.15, 0.2) is 0 Å². The highest BCUT2D eigenvalue weighted by molar-refractivity contribution is 6.43. The van der Waals surface area contributed by atoms with Crippen molar-refractivity contribution in [1.82, 2.24) is 5.43 Å². The van der Waals surface area contributed by atoms with Crippen LogP contribution < -0.4 is 20.5 Å². The van der Waals surface area contributed by atoms with Crippen LogP contribution in [0.3, 0.4) is 0 Å². The van der Waals surface area contributed by atoms with Crippen LogP contribution in [0.15, 0.2) is 53.5 Å². The fourth-order valence-corrected chi connectivity index (χ4v) is 2.64. The van der Waals surface area contributed by atoms with E-state index in [2.05, 4.69) is 21.8 Å². The first kappa shape index (κ1) is 19.9. The van der Waals surface area contributed by atoms with Gasteiger partial charge in [0.1, 0.15) is 12.3 Å². The molecular formula is C21H21N5O3. The topological polar surface area (TPSA) is 107 Å². The molecule has 0 saturated heterocycles. The van der Waals surface area contributed by atoms with Crippen LogP contribution >= 0.6 is 0 Å². The number of ether oxygens (including phenoxy) is 1. The Hall–Kier alpha value is -3.86. The number of carbonyl (C=O) groups is 2. The Morgan fingerprint density at radius 2 is 2.10 bits per heavy atom. The van der Waals surface area contributed by atoms with E-state index in [9.17, 15) is 9.59 Å². The van der Waals surface area contributed by atoms with Crippen molar-refractivity contribution in [3.05, 3.63) is 54.1 Å². The van der Waals surface area contributed by atoms with Crippen LogP contribution in [0.2, 0.25) is 0 Å². The molecule has 0 spiro atoms. The van der Waals surface area contributed by atoms with E-state index in [0.717, 1.165) is 5.56 Å². The van der Waals surface area contributed by atoms with E-state index in [1.165, 1.54) is 5.01 Å². The number of anilines is 2. The Balaban J connectivity index is 1.64. The summed E-state index contributed by atoms with van der Waals surface area (Å²) in [6.07, 6.45) is 1.06. The first-order chi connectivity index (χ1) is 14.1. The monoisotopic (exact) mass is 391 g/mol. The predicted molar refractivity (Wildman–Crippen MR) is 110 cm³/mol. The van der Waals surface area contributed by atoms with Crippen molar-refractivity contribution in [1.29, 1.82) is 5.26 Å². The number of nitriles is 1. The van der Waals surface area contributed by atoms with Gasteiger partial charge < -0.3 is 10.1 Å². The van der Waals surface area contributed by atoms with Crippen LogP contribution in [0.25, 0.3) is 0 Å². The third kappa shape index (κ3) is 5.32. The highest BCUT2D eigenvalue weighted by atomic mass is 16.5. The van der Waals surface area contributed by atoms with Gasteiger partial charge >= 0.3 is 0 Å². The van der Waals surface area contributed by atoms with Crippen molar-refractivity contribution < 1.29 is 14.3 Å².